The summed E-state index contributed by atoms with van der Waals surface area (Å²) < 4.78 is 24.5. The minimum atomic E-state index is -0.393. The highest BCUT2D eigenvalue weighted by Crippen LogP contribution is 2.48. The third-order valence-corrected chi connectivity index (χ3v) is 6.24. The van der Waals surface area contributed by atoms with Crippen LogP contribution in [-0.2, 0) is 13.0 Å². The lowest BCUT2D eigenvalue weighted by Crippen LogP contribution is -2.28. The molecule has 0 atom stereocenters. The zero-order valence-electron chi connectivity index (χ0n) is 20.2. The number of aryl methyl sites for hydroxylation is 1. The maximum absolute atomic E-state index is 6.32. The summed E-state index contributed by atoms with van der Waals surface area (Å²) in [5.41, 5.74) is 6.00. The zero-order valence-corrected chi connectivity index (χ0v) is 20.2. The monoisotopic (exact) mass is 454 g/mol. The number of benzene rings is 3. The number of ether oxygens (including phenoxy) is 4. The molecule has 34 heavy (non-hydrogen) atoms. The molecule has 0 radical (unpaired) electrons. The van der Waals surface area contributed by atoms with Gasteiger partial charge >= 0.3 is 0 Å². The summed E-state index contributed by atoms with van der Waals surface area (Å²) in [6.07, 6.45) is 7.25. The van der Waals surface area contributed by atoms with Crippen LogP contribution in [0.5, 0.6) is 23.0 Å². The van der Waals surface area contributed by atoms with E-state index >= 15 is 0 Å². The molecule has 0 amide bonds. The molecular formula is C30H30O4. The number of methoxy groups -OCH3 is 1. The lowest BCUT2D eigenvalue weighted by atomic mass is 9.94. The van der Waals surface area contributed by atoms with E-state index in [0.717, 1.165) is 51.5 Å². The predicted octanol–water partition coefficient (Wildman–Crippen LogP) is 6.95. The van der Waals surface area contributed by atoms with Crippen molar-refractivity contribution < 1.29 is 18.9 Å². The van der Waals surface area contributed by atoms with Crippen LogP contribution in [0.25, 0.3) is 17.7 Å². The predicted molar refractivity (Wildman–Crippen MR) is 137 cm³/mol. The summed E-state index contributed by atoms with van der Waals surface area (Å²) in [6.45, 7) is 7.19. The molecule has 4 heteroatoms. The Hall–Kier alpha value is -3.66. The van der Waals surface area contributed by atoms with Crippen molar-refractivity contribution in [2.45, 2.75) is 39.4 Å². The fraction of sp³-hybridized carbons (Fsp3) is 0.267. The zero-order chi connectivity index (χ0) is 23.7. The molecule has 0 saturated heterocycles. The molecule has 5 rings (SSSR count). The number of hydrogen-bond acceptors (Lipinski definition) is 4. The third-order valence-electron chi connectivity index (χ3n) is 6.24. The van der Waals surface area contributed by atoms with E-state index in [9.17, 15) is 0 Å². The van der Waals surface area contributed by atoms with Crippen molar-refractivity contribution in [2.75, 3.05) is 13.7 Å². The summed E-state index contributed by atoms with van der Waals surface area (Å²) in [6, 6.07) is 18.7. The summed E-state index contributed by atoms with van der Waals surface area (Å²) in [7, 11) is 1.67. The van der Waals surface area contributed by atoms with Gasteiger partial charge in [-0.1, -0.05) is 49.4 Å². The topological polar surface area (TPSA) is 36.9 Å². The molecule has 0 bridgehead atoms. The maximum Gasteiger partial charge on any atom is 0.173 e. The molecule has 2 heterocycles. The van der Waals surface area contributed by atoms with E-state index in [4.69, 9.17) is 18.9 Å². The Morgan fingerprint density at radius 2 is 1.76 bits per heavy atom. The van der Waals surface area contributed by atoms with E-state index < -0.39 is 5.60 Å². The van der Waals surface area contributed by atoms with E-state index in [0.29, 0.717) is 19.0 Å². The lowest BCUT2D eigenvalue weighted by Gasteiger charge is -2.31. The van der Waals surface area contributed by atoms with Crippen LogP contribution in [0, 0.1) is 0 Å². The first-order valence-electron chi connectivity index (χ1n) is 11.7. The van der Waals surface area contributed by atoms with Crippen LogP contribution in [-0.4, -0.2) is 19.3 Å². The highest BCUT2D eigenvalue weighted by molar-refractivity contribution is 5.90. The van der Waals surface area contributed by atoms with Crippen molar-refractivity contribution in [2.24, 2.45) is 0 Å². The molecule has 0 spiro atoms. The van der Waals surface area contributed by atoms with Crippen molar-refractivity contribution in [1.29, 1.82) is 0 Å². The average molecular weight is 455 g/mol. The first kappa shape index (κ1) is 22.1. The van der Waals surface area contributed by atoms with Gasteiger partial charge in [0.15, 0.2) is 11.5 Å². The minimum absolute atomic E-state index is 0.393. The fourth-order valence-corrected chi connectivity index (χ4v) is 4.36. The molecule has 0 aromatic heterocycles. The molecule has 3 aromatic carbocycles. The van der Waals surface area contributed by atoms with Gasteiger partial charge in [-0.25, -0.2) is 0 Å². The molecule has 0 N–H and O–H groups in total. The SMILES string of the molecule is CCc1ccc(C2=Cc3cc(OC)c4c(c3OC2)C=CC(C)(C)O4)c(OCc2ccccc2)c1. The van der Waals surface area contributed by atoms with Gasteiger partial charge in [0, 0.05) is 16.7 Å². The second-order valence-electron chi connectivity index (χ2n) is 9.20. The van der Waals surface area contributed by atoms with Crippen molar-refractivity contribution in [1.82, 2.24) is 0 Å². The summed E-state index contributed by atoms with van der Waals surface area (Å²) in [5, 5.41) is 0. The van der Waals surface area contributed by atoms with E-state index in [1.165, 1.54) is 5.56 Å². The van der Waals surface area contributed by atoms with Gasteiger partial charge in [-0.2, -0.15) is 0 Å². The minimum Gasteiger partial charge on any atom is -0.493 e. The van der Waals surface area contributed by atoms with Gasteiger partial charge in [0.05, 0.1) is 12.7 Å². The van der Waals surface area contributed by atoms with E-state index in [1.807, 2.05) is 38.1 Å². The first-order valence-corrected chi connectivity index (χ1v) is 11.7. The molecule has 2 aliphatic heterocycles. The number of hydrogen-bond donors (Lipinski definition) is 0. The summed E-state index contributed by atoms with van der Waals surface area (Å²) in [4.78, 5) is 0. The molecule has 174 valence electrons. The van der Waals surface area contributed by atoms with Crippen molar-refractivity contribution in [3.63, 3.8) is 0 Å². The van der Waals surface area contributed by atoms with E-state index in [1.54, 1.807) is 7.11 Å². The Morgan fingerprint density at radius 1 is 0.941 bits per heavy atom. The Bertz CT molecular complexity index is 1270. The average Bonchev–Trinajstić information content (AvgIpc) is 2.86. The molecular weight excluding hydrogens is 424 g/mol. The van der Waals surface area contributed by atoms with Crippen LogP contribution in [0.15, 0.2) is 60.7 Å². The molecule has 0 fully saturated rings. The van der Waals surface area contributed by atoms with Crippen LogP contribution in [0.1, 0.15) is 48.6 Å². The number of fused-ring (bicyclic) bond motifs is 3. The molecule has 0 saturated carbocycles. The van der Waals surface area contributed by atoms with Gasteiger partial charge in [0.1, 0.15) is 30.3 Å². The normalized spacial score (nSPS) is 15.4. The Morgan fingerprint density at radius 3 is 2.53 bits per heavy atom. The molecule has 0 unspecified atom stereocenters. The van der Waals surface area contributed by atoms with Gasteiger partial charge in [-0.15, -0.1) is 0 Å². The fourth-order valence-electron chi connectivity index (χ4n) is 4.36. The van der Waals surface area contributed by atoms with Crippen LogP contribution < -0.4 is 18.9 Å². The smallest absolute Gasteiger partial charge is 0.173 e. The highest BCUT2D eigenvalue weighted by atomic mass is 16.5. The number of rotatable bonds is 6. The summed E-state index contributed by atoms with van der Waals surface area (Å²) in [5.74, 6) is 3.12. The van der Waals surface area contributed by atoms with Gasteiger partial charge in [-0.05, 0) is 61.8 Å². The van der Waals surface area contributed by atoms with E-state index in [-0.39, 0.29) is 0 Å². The third kappa shape index (κ3) is 4.28. The highest BCUT2D eigenvalue weighted by Gasteiger charge is 2.30. The Labute approximate surface area is 201 Å². The molecule has 3 aromatic rings. The van der Waals surface area contributed by atoms with Gasteiger partial charge in [-0.3, -0.25) is 0 Å². The second-order valence-corrected chi connectivity index (χ2v) is 9.20. The standard InChI is InChI=1S/C30H30O4/c1-5-20-11-12-24(26(15-20)32-18-21-9-7-6-8-10-21)23-16-22-17-27(31-4)29-25(28(22)33-19-23)13-14-30(2,3)34-29/h6-17H,5,18-19H2,1-4H3. The van der Waals surface area contributed by atoms with Crippen molar-refractivity contribution in [3.8, 4) is 23.0 Å². The van der Waals surface area contributed by atoms with Crippen LogP contribution >= 0.6 is 0 Å². The largest absolute Gasteiger partial charge is 0.493 e. The first-order chi connectivity index (χ1) is 16.5. The maximum atomic E-state index is 6.32. The van der Waals surface area contributed by atoms with Crippen molar-refractivity contribution >= 4 is 17.7 Å². The van der Waals surface area contributed by atoms with Gasteiger partial charge < -0.3 is 18.9 Å². The van der Waals surface area contributed by atoms with Crippen LogP contribution in [0.2, 0.25) is 0 Å². The van der Waals surface area contributed by atoms with Crippen molar-refractivity contribution in [3.05, 3.63) is 88.5 Å². The quantitative estimate of drug-likeness (QED) is 0.404. The molecule has 2 aliphatic rings. The Balaban J connectivity index is 1.53. The van der Waals surface area contributed by atoms with Gasteiger partial charge in [0.25, 0.3) is 0 Å². The molecule has 4 nitrogen and oxygen atoms in total. The second kappa shape index (κ2) is 8.94. The molecule has 0 aliphatic carbocycles. The van der Waals surface area contributed by atoms with Crippen LogP contribution in [0.3, 0.4) is 0 Å². The summed E-state index contributed by atoms with van der Waals surface area (Å²) >= 11 is 0. The lowest BCUT2D eigenvalue weighted by molar-refractivity contribution is 0.151. The van der Waals surface area contributed by atoms with Crippen LogP contribution in [0.4, 0.5) is 0 Å². The Kier molecular flexibility index (Phi) is 5.82. The van der Waals surface area contributed by atoms with Gasteiger partial charge in [0.2, 0.25) is 0 Å². The van der Waals surface area contributed by atoms with E-state index in [2.05, 4.69) is 55.5 Å².